The molecule has 1 N–H and O–H groups in total. The van der Waals surface area contributed by atoms with Crippen molar-refractivity contribution in [2.45, 2.75) is 6.54 Å². The van der Waals surface area contributed by atoms with Crippen molar-refractivity contribution in [1.29, 1.82) is 0 Å². The SMILES string of the molecule is CNCc1ccccc1.[HH]. The standard InChI is InChI=1S/C8H11N.H2/c1-9-7-8-5-3-2-4-6-8;/h2-6,9H,7H2,1H3;1H. The van der Waals surface area contributed by atoms with E-state index in [0.717, 1.165) is 6.54 Å². The summed E-state index contributed by atoms with van der Waals surface area (Å²) in [6.45, 7) is 0.959. The van der Waals surface area contributed by atoms with Gasteiger partial charge in [-0.15, -0.1) is 0 Å². The molecule has 0 aliphatic rings. The highest BCUT2D eigenvalue weighted by Crippen LogP contribution is 1.95. The fraction of sp³-hybridized carbons (Fsp3) is 0.250. The smallest absolute Gasteiger partial charge is 0.0202 e. The second-order valence-electron chi connectivity index (χ2n) is 2.02. The van der Waals surface area contributed by atoms with Gasteiger partial charge in [-0.3, -0.25) is 0 Å². The molecule has 0 bridgehead atoms. The Bertz CT molecular complexity index is 162. The van der Waals surface area contributed by atoms with Crippen molar-refractivity contribution < 1.29 is 1.43 Å². The van der Waals surface area contributed by atoms with Crippen molar-refractivity contribution in [3.05, 3.63) is 35.9 Å². The molecule has 0 saturated carbocycles. The molecular weight excluding hydrogens is 110 g/mol. The minimum absolute atomic E-state index is 0. The summed E-state index contributed by atoms with van der Waals surface area (Å²) in [5.74, 6) is 0. The summed E-state index contributed by atoms with van der Waals surface area (Å²) in [4.78, 5) is 0. The van der Waals surface area contributed by atoms with Gasteiger partial charge in [0.05, 0.1) is 0 Å². The van der Waals surface area contributed by atoms with Gasteiger partial charge in [0.1, 0.15) is 0 Å². The fourth-order valence-electron chi connectivity index (χ4n) is 0.800. The molecule has 0 amide bonds. The van der Waals surface area contributed by atoms with Gasteiger partial charge in [0, 0.05) is 7.97 Å². The third-order valence-electron chi connectivity index (χ3n) is 1.22. The van der Waals surface area contributed by atoms with Gasteiger partial charge in [-0.2, -0.15) is 0 Å². The van der Waals surface area contributed by atoms with E-state index in [0.29, 0.717) is 0 Å². The Morgan fingerprint density at radius 3 is 2.56 bits per heavy atom. The first-order chi connectivity index (χ1) is 4.43. The van der Waals surface area contributed by atoms with Crippen LogP contribution in [0.2, 0.25) is 0 Å². The summed E-state index contributed by atoms with van der Waals surface area (Å²) in [6.07, 6.45) is 0. The molecule has 50 valence electrons. The molecule has 0 heterocycles. The zero-order valence-corrected chi connectivity index (χ0v) is 5.59. The monoisotopic (exact) mass is 123 g/mol. The number of hydrogen-bond acceptors (Lipinski definition) is 1. The molecule has 0 saturated heterocycles. The highest BCUT2D eigenvalue weighted by molar-refractivity contribution is 5.13. The predicted molar refractivity (Wildman–Crippen MR) is 41.3 cm³/mol. The average molecular weight is 123 g/mol. The Balaban J connectivity index is 0.000000810. The zero-order valence-electron chi connectivity index (χ0n) is 5.59. The van der Waals surface area contributed by atoms with E-state index < -0.39 is 0 Å². The predicted octanol–water partition coefficient (Wildman–Crippen LogP) is 1.65. The Morgan fingerprint density at radius 1 is 1.33 bits per heavy atom. The molecule has 0 fully saturated rings. The van der Waals surface area contributed by atoms with Crippen LogP contribution >= 0.6 is 0 Å². The highest BCUT2D eigenvalue weighted by atomic mass is 14.8. The van der Waals surface area contributed by atoms with Crippen LogP contribution < -0.4 is 5.32 Å². The van der Waals surface area contributed by atoms with Gasteiger partial charge < -0.3 is 5.32 Å². The minimum atomic E-state index is 0. The van der Waals surface area contributed by atoms with Crippen molar-refractivity contribution in [2.24, 2.45) is 0 Å². The van der Waals surface area contributed by atoms with E-state index in [4.69, 9.17) is 0 Å². The van der Waals surface area contributed by atoms with Crippen LogP contribution in [-0.2, 0) is 6.54 Å². The van der Waals surface area contributed by atoms with E-state index in [9.17, 15) is 0 Å². The van der Waals surface area contributed by atoms with Crippen LogP contribution in [0.4, 0.5) is 0 Å². The quantitative estimate of drug-likeness (QED) is 0.630. The molecule has 0 spiro atoms. The lowest BCUT2D eigenvalue weighted by Crippen LogP contribution is -2.04. The Morgan fingerprint density at radius 2 is 2.00 bits per heavy atom. The lowest BCUT2D eigenvalue weighted by molar-refractivity contribution is 0.818. The van der Waals surface area contributed by atoms with Gasteiger partial charge >= 0.3 is 0 Å². The molecule has 9 heavy (non-hydrogen) atoms. The van der Waals surface area contributed by atoms with Gasteiger partial charge in [0.2, 0.25) is 0 Å². The van der Waals surface area contributed by atoms with Gasteiger partial charge in [0.15, 0.2) is 0 Å². The fourth-order valence-corrected chi connectivity index (χ4v) is 0.800. The van der Waals surface area contributed by atoms with E-state index in [-0.39, 0.29) is 1.43 Å². The molecular formula is C8H13N. The van der Waals surface area contributed by atoms with Gasteiger partial charge in [-0.25, -0.2) is 0 Å². The summed E-state index contributed by atoms with van der Waals surface area (Å²) >= 11 is 0. The Kier molecular flexibility index (Phi) is 2.28. The van der Waals surface area contributed by atoms with E-state index in [1.807, 2.05) is 25.2 Å². The van der Waals surface area contributed by atoms with Gasteiger partial charge in [0.25, 0.3) is 0 Å². The second-order valence-corrected chi connectivity index (χ2v) is 2.02. The van der Waals surface area contributed by atoms with Crippen molar-refractivity contribution in [2.75, 3.05) is 7.05 Å². The van der Waals surface area contributed by atoms with Crippen LogP contribution in [0.15, 0.2) is 30.3 Å². The first-order valence-corrected chi connectivity index (χ1v) is 3.12. The normalized spacial score (nSPS) is 9.44. The summed E-state index contributed by atoms with van der Waals surface area (Å²) < 4.78 is 0. The van der Waals surface area contributed by atoms with Crippen molar-refractivity contribution >= 4 is 0 Å². The first kappa shape index (κ1) is 6.30. The van der Waals surface area contributed by atoms with Crippen LogP contribution in [0.25, 0.3) is 0 Å². The second kappa shape index (κ2) is 3.25. The lowest BCUT2D eigenvalue weighted by atomic mass is 10.2. The molecule has 0 atom stereocenters. The Labute approximate surface area is 57.2 Å². The van der Waals surface area contributed by atoms with E-state index in [2.05, 4.69) is 17.4 Å². The summed E-state index contributed by atoms with van der Waals surface area (Å²) in [5, 5.41) is 3.08. The molecule has 1 aromatic rings. The van der Waals surface area contributed by atoms with Crippen molar-refractivity contribution in [3.8, 4) is 0 Å². The van der Waals surface area contributed by atoms with Crippen LogP contribution in [0.3, 0.4) is 0 Å². The van der Waals surface area contributed by atoms with E-state index in [1.54, 1.807) is 0 Å². The molecule has 1 heteroatoms. The van der Waals surface area contributed by atoms with E-state index >= 15 is 0 Å². The zero-order chi connectivity index (χ0) is 6.53. The molecule has 0 aliphatic heterocycles. The highest BCUT2D eigenvalue weighted by Gasteiger charge is 1.83. The average Bonchev–Trinajstić information content (AvgIpc) is 1.91. The van der Waals surface area contributed by atoms with Gasteiger partial charge in [-0.05, 0) is 12.6 Å². The minimum Gasteiger partial charge on any atom is -0.316 e. The van der Waals surface area contributed by atoms with Crippen LogP contribution in [0.5, 0.6) is 0 Å². The third-order valence-corrected chi connectivity index (χ3v) is 1.22. The topological polar surface area (TPSA) is 12.0 Å². The first-order valence-electron chi connectivity index (χ1n) is 3.12. The maximum absolute atomic E-state index is 3.08. The maximum atomic E-state index is 3.08. The summed E-state index contributed by atoms with van der Waals surface area (Å²) in [5.41, 5.74) is 1.33. The summed E-state index contributed by atoms with van der Waals surface area (Å²) in [7, 11) is 1.95. The lowest BCUT2D eigenvalue weighted by Gasteiger charge is -1.95. The number of rotatable bonds is 2. The molecule has 0 unspecified atom stereocenters. The van der Waals surface area contributed by atoms with Crippen LogP contribution in [0.1, 0.15) is 6.99 Å². The van der Waals surface area contributed by atoms with Crippen LogP contribution in [0, 0.1) is 0 Å². The number of nitrogens with one attached hydrogen (secondary N) is 1. The molecule has 0 aromatic heterocycles. The number of hydrogen-bond donors (Lipinski definition) is 1. The largest absolute Gasteiger partial charge is 0.316 e. The van der Waals surface area contributed by atoms with Crippen LogP contribution in [-0.4, -0.2) is 7.05 Å². The Hall–Kier alpha value is -0.820. The molecule has 0 aliphatic carbocycles. The molecule has 0 radical (unpaired) electrons. The maximum Gasteiger partial charge on any atom is 0.0202 e. The third kappa shape index (κ3) is 1.86. The van der Waals surface area contributed by atoms with E-state index in [1.165, 1.54) is 5.56 Å². The molecule has 1 rings (SSSR count). The molecule has 1 nitrogen and oxygen atoms in total. The van der Waals surface area contributed by atoms with Gasteiger partial charge in [-0.1, -0.05) is 30.3 Å². The van der Waals surface area contributed by atoms with Crippen molar-refractivity contribution in [1.82, 2.24) is 5.32 Å². The molecule has 1 aromatic carbocycles. The van der Waals surface area contributed by atoms with Crippen molar-refractivity contribution in [3.63, 3.8) is 0 Å². The number of benzene rings is 1. The summed E-state index contributed by atoms with van der Waals surface area (Å²) in [6, 6.07) is 10.3.